The van der Waals surface area contributed by atoms with Crippen LogP contribution in [0.4, 0.5) is 28.0 Å². The number of alkyl halides is 4. The van der Waals surface area contributed by atoms with Crippen LogP contribution in [0.15, 0.2) is 78.0 Å². The summed E-state index contributed by atoms with van der Waals surface area (Å²) in [5.41, 5.74) is 4.04. The summed E-state index contributed by atoms with van der Waals surface area (Å²) in [6.07, 6.45) is -4.96. The molecular weight excluding hydrogens is 624 g/mol. The second kappa shape index (κ2) is 13.3. The van der Waals surface area contributed by atoms with E-state index in [1.165, 1.54) is 47.1 Å². The van der Waals surface area contributed by atoms with Crippen LogP contribution in [0, 0.1) is 6.92 Å². The Bertz CT molecular complexity index is 1760. The van der Waals surface area contributed by atoms with Crippen molar-refractivity contribution in [2.45, 2.75) is 52.2 Å². The molecule has 0 saturated carbocycles. The molecule has 2 heterocycles. The molecule has 0 bridgehead atoms. The molecule has 46 heavy (non-hydrogen) atoms. The third-order valence-electron chi connectivity index (χ3n) is 7.19. The van der Waals surface area contributed by atoms with Gasteiger partial charge in [0, 0.05) is 5.56 Å². The molecule has 1 aliphatic heterocycles. The van der Waals surface area contributed by atoms with Gasteiger partial charge in [0.2, 0.25) is 5.91 Å². The van der Waals surface area contributed by atoms with Crippen LogP contribution in [0.5, 0.6) is 5.75 Å². The van der Waals surface area contributed by atoms with Gasteiger partial charge in [-0.25, -0.2) is 18.9 Å². The predicted octanol–water partition coefficient (Wildman–Crippen LogP) is 7.51. The summed E-state index contributed by atoms with van der Waals surface area (Å²) in [4.78, 5) is 35.5. The van der Waals surface area contributed by atoms with E-state index in [1.54, 1.807) is 24.3 Å². The summed E-state index contributed by atoms with van der Waals surface area (Å²) in [6, 6.07) is 15.5. The van der Waals surface area contributed by atoms with Crippen LogP contribution < -0.4 is 15.0 Å². The van der Waals surface area contributed by atoms with Gasteiger partial charge in [0.1, 0.15) is 18.2 Å². The molecule has 1 N–H and O–H groups in total. The van der Waals surface area contributed by atoms with Gasteiger partial charge in [0.25, 0.3) is 0 Å². The molecule has 2 unspecified atom stereocenters. The standard InChI is InChI=1S/C32H30F4N6O3S/c1-18(2)27-19(3)6-5-7-25(27)42-26(43)16-46-31(42)39-30(44)38-20(4)28(33)21-8-10-22(11-9-21)29-37-17-41(40-29)23-12-14-24(15-13-23)45-32(34,35)36/h5-15,17-18,20,28H,16H2,1-4H3,(H,38,44)/b39-31-. The second-order valence-corrected chi connectivity index (χ2v) is 11.8. The number of rotatable bonds is 8. The van der Waals surface area contributed by atoms with E-state index >= 15 is 4.39 Å². The van der Waals surface area contributed by atoms with Crippen LogP contribution >= 0.6 is 11.8 Å². The van der Waals surface area contributed by atoms with Crippen LogP contribution in [0.2, 0.25) is 0 Å². The number of nitrogens with one attached hydrogen (secondary N) is 1. The Balaban J connectivity index is 1.24. The lowest BCUT2D eigenvalue weighted by Gasteiger charge is -2.23. The summed E-state index contributed by atoms with van der Waals surface area (Å²) in [6.45, 7) is 7.56. The zero-order chi connectivity index (χ0) is 33.2. The number of aliphatic imine (C=N–C) groups is 1. The summed E-state index contributed by atoms with van der Waals surface area (Å²) in [5.74, 6) is 0.0484. The molecule has 2 atom stereocenters. The number of amidine groups is 1. The molecule has 9 nitrogen and oxygen atoms in total. The highest BCUT2D eigenvalue weighted by atomic mass is 32.2. The summed E-state index contributed by atoms with van der Waals surface area (Å²) >= 11 is 1.15. The molecule has 0 aliphatic carbocycles. The van der Waals surface area contributed by atoms with Gasteiger partial charge in [-0.2, -0.15) is 4.99 Å². The van der Waals surface area contributed by atoms with Crippen molar-refractivity contribution in [3.05, 3.63) is 89.7 Å². The van der Waals surface area contributed by atoms with Crippen molar-refractivity contribution in [3.63, 3.8) is 0 Å². The molecule has 14 heteroatoms. The van der Waals surface area contributed by atoms with Crippen LogP contribution in [0.25, 0.3) is 17.1 Å². The van der Waals surface area contributed by atoms with Crippen molar-refractivity contribution >= 4 is 34.6 Å². The Morgan fingerprint density at radius 3 is 2.39 bits per heavy atom. The third kappa shape index (κ3) is 7.39. The number of nitrogens with zero attached hydrogens (tertiary/aromatic N) is 5. The van der Waals surface area contributed by atoms with E-state index in [0.29, 0.717) is 28.3 Å². The first-order valence-electron chi connectivity index (χ1n) is 14.3. The average molecular weight is 655 g/mol. The molecule has 0 radical (unpaired) electrons. The normalized spacial score (nSPS) is 15.8. The SMILES string of the molecule is Cc1cccc(N2C(=O)CS/C2=N\C(=O)NC(C)C(F)c2ccc(-c3ncn(-c4ccc(OC(F)(F)F)cc4)n3)cc2)c1C(C)C. The van der Waals surface area contributed by atoms with Gasteiger partial charge in [-0.05, 0) is 66.8 Å². The van der Waals surface area contributed by atoms with E-state index in [1.807, 2.05) is 39.0 Å². The molecule has 1 saturated heterocycles. The van der Waals surface area contributed by atoms with Gasteiger partial charge < -0.3 is 10.1 Å². The number of aromatic nitrogens is 3. The third-order valence-corrected chi connectivity index (χ3v) is 8.11. The van der Waals surface area contributed by atoms with Crippen molar-refractivity contribution in [2.24, 2.45) is 4.99 Å². The highest BCUT2D eigenvalue weighted by molar-refractivity contribution is 8.15. The minimum Gasteiger partial charge on any atom is -0.406 e. The maximum atomic E-state index is 15.4. The predicted molar refractivity (Wildman–Crippen MR) is 168 cm³/mol. The summed E-state index contributed by atoms with van der Waals surface area (Å²) < 4.78 is 58.0. The topological polar surface area (TPSA) is 102 Å². The molecule has 1 aromatic heterocycles. The number of aryl methyl sites for hydroxylation is 1. The quantitative estimate of drug-likeness (QED) is 0.197. The van der Waals surface area contributed by atoms with E-state index in [4.69, 9.17) is 0 Å². The lowest BCUT2D eigenvalue weighted by molar-refractivity contribution is -0.274. The summed E-state index contributed by atoms with van der Waals surface area (Å²) in [5, 5.41) is 7.16. The number of hydrogen-bond donors (Lipinski definition) is 1. The smallest absolute Gasteiger partial charge is 0.406 e. The molecule has 4 aromatic rings. The van der Waals surface area contributed by atoms with Gasteiger partial charge in [-0.3, -0.25) is 9.69 Å². The second-order valence-electron chi connectivity index (χ2n) is 10.9. The fraction of sp³-hybridized carbons (Fsp3) is 0.281. The van der Waals surface area contributed by atoms with Crippen molar-refractivity contribution in [1.82, 2.24) is 20.1 Å². The van der Waals surface area contributed by atoms with Crippen LogP contribution in [-0.2, 0) is 4.79 Å². The van der Waals surface area contributed by atoms with E-state index < -0.39 is 24.6 Å². The number of amides is 3. The zero-order valence-electron chi connectivity index (χ0n) is 25.2. The van der Waals surface area contributed by atoms with Crippen molar-refractivity contribution in [1.29, 1.82) is 0 Å². The minimum absolute atomic E-state index is 0.136. The number of anilines is 1. The van der Waals surface area contributed by atoms with Crippen molar-refractivity contribution < 1.29 is 31.9 Å². The van der Waals surface area contributed by atoms with Crippen molar-refractivity contribution in [3.8, 4) is 22.8 Å². The number of hydrogen-bond acceptors (Lipinski definition) is 6. The Kier molecular flexibility index (Phi) is 9.47. The molecule has 3 amide bonds. The Labute approximate surface area is 266 Å². The van der Waals surface area contributed by atoms with Gasteiger partial charge >= 0.3 is 12.4 Å². The lowest BCUT2D eigenvalue weighted by Crippen LogP contribution is -2.36. The van der Waals surface area contributed by atoms with Gasteiger partial charge in [-0.1, -0.05) is 62.0 Å². The Morgan fingerprint density at radius 1 is 1.04 bits per heavy atom. The minimum atomic E-state index is -4.79. The largest absolute Gasteiger partial charge is 0.573 e. The average Bonchev–Trinajstić information content (AvgIpc) is 3.63. The molecule has 5 rings (SSSR count). The monoisotopic (exact) mass is 654 g/mol. The highest BCUT2D eigenvalue weighted by Crippen LogP contribution is 2.35. The number of urea groups is 1. The molecular formula is C32H30F4N6O3S. The number of carbonyl (C=O) groups excluding carboxylic acids is 2. The Morgan fingerprint density at radius 2 is 1.74 bits per heavy atom. The number of thioether (sulfide) groups is 1. The first-order chi connectivity index (χ1) is 21.8. The zero-order valence-corrected chi connectivity index (χ0v) is 26.1. The molecule has 3 aromatic carbocycles. The van der Waals surface area contributed by atoms with Gasteiger partial charge in [-0.15, -0.1) is 18.3 Å². The molecule has 1 fully saturated rings. The maximum Gasteiger partial charge on any atom is 0.573 e. The van der Waals surface area contributed by atoms with Crippen LogP contribution in [0.1, 0.15) is 49.6 Å². The van der Waals surface area contributed by atoms with Gasteiger partial charge in [0.15, 0.2) is 11.0 Å². The molecule has 1 aliphatic rings. The fourth-order valence-corrected chi connectivity index (χ4v) is 5.96. The highest BCUT2D eigenvalue weighted by Gasteiger charge is 2.33. The van der Waals surface area contributed by atoms with Gasteiger partial charge in [0.05, 0.1) is 23.2 Å². The number of ether oxygens (including phenoxy) is 1. The fourth-order valence-electron chi connectivity index (χ4n) is 5.11. The number of benzene rings is 3. The molecule has 240 valence electrons. The first kappa shape index (κ1) is 32.7. The van der Waals surface area contributed by atoms with Crippen molar-refractivity contribution in [2.75, 3.05) is 10.7 Å². The Hall–Kier alpha value is -4.72. The van der Waals surface area contributed by atoms with Crippen LogP contribution in [-0.4, -0.2) is 50.0 Å². The van der Waals surface area contributed by atoms with E-state index in [2.05, 4.69) is 25.1 Å². The van der Waals surface area contributed by atoms with E-state index in [0.717, 1.165) is 22.9 Å². The number of halogens is 4. The number of carbonyl (C=O) groups is 2. The van der Waals surface area contributed by atoms with E-state index in [9.17, 15) is 22.8 Å². The van der Waals surface area contributed by atoms with Crippen LogP contribution in [0.3, 0.4) is 0 Å². The first-order valence-corrected chi connectivity index (χ1v) is 15.3. The summed E-state index contributed by atoms with van der Waals surface area (Å²) in [7, 11) is 0. The van der Waals surface area contributed by atoms with E-state index in [-0.39, 0.29) is 28.5 Å². The lowest BCUT2D eigenvalue weighted by atomic mass is 9.95. The maximum absolute atomic E-state index is 15.4. The molecule has 0 spiro atoms.